The zero-order valence-electron chi connectivity index (χ0n) is 20.0. The molecule has 2 rings (SSSR count). The Morgan fingerprint density at radius 3 is 2.29 bits per heavy atom. The van der Waals surface area contributed by atoms with E-state index in [2.05, 4.69) is 5.32 Å². The summed E-state index contributed by atoms with van der Waals surface area (Å²) in [6, 6.07) is 11.1. The summed E-state index contributed by atoms with van der Waals surface area (Å²) in [7, 11) is -3.89. The minimum absolute atomic E-state index is 0.0952. The van der Waals surface area contributed by atoms with Crippen LogP contribution in [-0.2, 0) is 26.2 Å². The predicted octanol–water partition coefficient (Wildman–Crippen LogP) is 4.26. The second-order valence-electron chi connectivity index (χ2n) is 8.63. The molecule has 0 fully saturated rings. The van der Waals surface area contributed by atoms with E-state index in [0.29, 0.717) is 6.54 Å². The van der Waals surface area contributed by atoms with Gasteiger partial charge in [0.2, 0.25) is 21.8 Å². The van der Waals surface area contributed by atoms with Crippen molar-refractivity contribution in [3.8, 4) is 0 Å². The minimum atomic E-state index is -3.89. The number of hydrogen-bond acceptors (Lipinski definition) is 4. The highest BCUT2D eigenvalue weighted by molar-refractivity contribution is 7.92. The molecule has 0 bridgehead atoms. The van der Waals surface area contributed by atoms with Crippen LogP contribution in [0.25, 0.3) is 0 Å². The molecule has 0 saturated heterocycles. The number of carbonyl (C=O) groups is 2. The lowest BCUT2D eigenvalue weighted by molar-refractivity contribution is -0.139. The number of nitrogens with zero attached hydrogens (tertiary/aromatic N) is 2. The van der Waals surface area contributed by atoms with Gasteiger partial charge in [0.05, 0.1) is 17.0 Å². The average Bonchev–Trinajstić information content (AvgIpc) is 2.75. The van der Waals surface area contributed by atoms with Gasteiger partial charge in [0.25, 0.3) is 0 Å². The van der Waals surface area contributed by atoms with Gasteiger partial charge >= 0.3 is 0 Å². The maximum atomic E-state index is 13.5. The number of nitrogens with one attached hydrogen (secondary N) is 1. The van der Waals surface area contributed by atoms with Crippen molar-refractivity contribution in [3.05, 3.63) is 63.6 Å². The number of rotatable bonds is 10. The highest BCUT2D eigenvalue weighted by atomic mass is 35.5. The van der Waals surface area contributed by atoms with Gasteiger partial charge in [-0.3, -0.25) is 13.9 Å². The maximum Gasteiger partial charge on any atom is 0.244 e. The number of sulfonamides is 1. The maximum absolute atomic E-state index is 13.5. The molecule has 0 radical (unpaired) electrons. The second-order valence-corrected chi connectivity index (χ2v) is 11.4. The zero-order valence-corrected chi connectivity index (χ0v) is 22.3. The number of hydrogen-bond donors (Lipinski definition) is 1. The molecule has 2 aromatic carbocycles. The number of benzene rings is 2. The van der Waals surface area contributed by atoms with E-state index in [1.54, 1.807) is 6.92 Å². The van der Waals surface area contributed by atoms with E-state index in [-0.39, 0.29) is 34.1 Å². The molecule has 2 aromatic rings. The Morgan fingerprint density at radius 1 is 1.06 bits per heavy atom. The highest BCUT2D eigenvalue weighted by Crippen LogP contribution is 2.31. The quantitative estimate of drug-likeness (QED) is 0.500. The molecule has 0 aliphatic rings. The molecule has 0 saturated carbocycles. The van der Waals surface area contributed by atoms with Gasteiger partial charge in [-0.25, -0.2) is 8.42 Å². The third-order valence-corrected chi connectivity index (χ3v) is 6.99. The van der Waals surface area contributed by atoms with Crippen molar-refractivity contribution in [2.24, 2.45) is 5.92 Å². The molecule has 10 heteroatoms. The fourth-order valence-electron chi connectivity index (χ4n) is 3.28. The summed E-state index contributed by atoms with van der Waals surface area (Å²) in [6.07, 6.45) is 0.988. The van der Waals surface area contributed by atoms with Crippen molar-refractivity contribution < 1.29 is 18.0 Å². The topological polar surface area (TPSA) is 86.8 Å². The Kier molecular flexibility index (Phi) is 9.79. The van der Waals surface area contributed by atoms with Crippen LogP contribution >= 0.6 is 23.2 Å². The highest BCUT2D eigenvalue weighted by Gasteiger charge is 2.31. The first-order valence-electron chi connectivity index (χ1n) is 10.9. The third-order valence-electron chi connectivity index (χ3n) is 5.31. The molecule has 186 valence electrons. The van der Waals surface area contributed by atoms with Crippen molar-refractivity contribution >= 4 is 50.7 Å². The number of aryl methyl sites for hydroxylation is 1. The molecule has 0 heterocycles. The van der Waals surface area contributed by atoms with E-state index in [1.165, 1.54) is 23.1 Å². The van der Waals surface area contributed by atoms with E-state index >= 15 is 0 Å². The Bertz CT molecular complexity index is 1140. The average molecular weight is 529 g/mol. The smallest absolute Gasteiger partial charge is 0.244 e. The third kappa shape index (κ3) is 7.61. The van der Waals surface area contributed by atoms with Crippen LogP contribution in [0.5, 0.6) is 0 Å². The molecule has 0 aliphatic carbocycles. The molecule has 7 nitrogen and oxygen atoms in total. The minimum Gasteiger partial charge on any atom is -0.354 e. The van der Waals surface area contributed by atoms with Gasteiger partial charge < -0.3 is 10.2 Å². The van der Waals surface area contributed by atoms with Crippen LogP contribution in [0.3, 0.4) is 0 Å². The fraction of sp³-hybridized carbons (Fsp3) is 0.417. The molecule has 2 amide bonds. The molecule has 34 heavy (non-hydrogen) atoms. The lowest BCUT2D eigenvalue weighted by Gasteiger charge is -2.32. The van der Waals surface area contributed by atoms with E-state index in [0.717, 1.165) is 21.7 Å². The van der Waals surface area contributed by atoms with E-state index < -0.39 is 28.5 Å². The van der Waals surface area contributed by atoms with Gasteiger partial charge in [-0.2, -0.15) is 0 Å². The first kappa shape index (κ1) is 28.0. The summed E-state index contributed by atoms with van der Waals surface area (Å²) < 4.78 is 26.2. The van der Waals surface area contributed by atoms with Crippen LogP contribution < -0.4 is 9.62 Å². The summed E-state index contributed by atoms with van der Waals surface area (Å²) >= 11 is 12.3. The van der Waals surface area contributed by atoms with Crippen LogP contribution in [0.2, 0.25) is 10.0 Å². The van der Waals surface area contributed by atoms with Gasteiger partial charge in [-0.15, -0.1) is 0 Å². The normalized spacial score (nSPS) is 12.4. The predicted molar refractivity (Wildman–Crippen MR) is 138 cm³/mol. The number of amides is 2. The molecule has 0 aromatic heterocycles. The van der Waals surface area contributed by atoms with E-state index in [1.807, 2.05) is 45.0 Å². The number of carbonyl (C=O) groups excluding carboxylic acids is 2. The summed E-state index contributed by atoms with van der Waals surface area (Å²) in [5, 5.41) is 3.26. The molecule has 1 atom stereocenters. The van der Waals surface area contributed by atoms with Gasteiger partial charge in [0, 0.05) is 18.1 Å². The van der Waals surface area contributed by atoms with Gasteiger partial charge in [-0.05, 0) is 49.1 Å². The number of halogens is 2. The lowest BCUT2D eigenvalue weighted by Crippen LogP contribution is -2.51. The van der Waals surface area contributed by atoms with Gasteiger partial charge in [0.15, 0.2) is 0 Å². The van der Waals surface area contributed by atoms with E-state index in [4.69, 9.17) is 23.2 Å². The summed E-state index contributed by atoms with van der Waals surface area (Å²) in [4.78, 5) is 27.8. The first-order valence-corrected chi connectivity index (χ1v) is 13.5. The SMILES string of the molecule is Cc1ccccc1CN(C(=O)CN(c1cc(Cl)ccc1Cl)S(C)(=O)=O)C(C)C(=O)NCC(C)C. The molecule has 0 aliphatic heterocycles. The lowest BCUT2D eigenvalue weighted by atomic mass is 10.1. The van der Waals surface area contributed by atoms with Crippen LogP contribution in [0.4, 0.5) is 5.69 Å². The second kappa shape index (κ2) is 11.9. The van der Waals surface area contributed by atoms with Gasteiger partial charge in [0.1, 0.15) is 12.6 Å². The van der Waals surface area contributed by atoms with Crippen LogP contribution in [-0.4, -0.2) is 50.5 Å². The van der Waals surface area contributed by atoms with Crippen molar-refractivity contribution in [1.29, 1.82) is 0 Å². The van der Waals surface area contributed by atoms with Crippen molar-refractivity contribution in [1.82, 2.24) is 10.2 Å². The van der Waals surface area contributed by atoms with Crippen LogP contribution in [0, 0.1) is 12.8 Å². The van der Waals surface area contributed by atoms with E-state index in [9.17, 15) is 18.0 Å². The fourth-order valence-corrected chi connectivity index (χ4v) is 4.57. The van der Waals surface area contributed by atoms with Crippen molar-refractivity contribution in [2.75, 3.05) is 23.7 Å². The molecule has 1 N–H and O–H groups in total. The monoisotopic (exact) mass is 527 g/mol. The Labute approximate surface area is 212 Å². The first-order chi connectivity index (χ1) is 15.8. The van der Waals surface area contributed by atoms with Crippen LogP contribution in [0.1, 0.15) is 31.9 Å². The number of anilines is 1. The van der Waals surface area contributed by atoms with Crippen LogP contribution in [0.15, 0.2) is 42.5 Å². The Morgan fingerprint density at radius 2 is 1.71 bits per heavy atom. The zero-order chi connectivity index (χ0) is 25.6. The molecule has 0 spiro atoms. The van der Waals surface area contributed by atoms with Gasteiger partial charge in [-0.1, -0.05) is 61.3 Å². The van der Waals surface area contributed by atoms with Crippen molar-refractivity contribution in [2.45, 2.75) is 40.3 Å². The largest absolute Gasteiger partial charge is 0.354 e. The summed E-state index contributed by atoms with van der Waals surface area (Å²) in [6.45, 7) is 7.55. The summed E-state index contributed by atoms with van der Waals surface area (Å²) in [5.74, 6) is -0.624. The molecule has 1 unspecified atom stereocenters. The van der Waals surface area contributed by atoms with Crippen molar-refractivity contribution in [3.63, 3.8) is 0 Å². The molecular weight excluding hydrogens is 497 g/mol. The molecular formula is C24H31Cl2N3O4S. The Hall–Kier alpha value is -2.29. The standard InChI is InChI=1S/C24H31Cl2N3O4S/c1-16(2)13-27-24(31)18(4)28(14-19-9-7-6-8-17(19)3)23(30)15-29(34(5,32)33)22-12-20(25)10-11-21(22)26/h6-12,16,18H,13-15H2,1-5H3,(H,27,31). The Balaban J connectivity index is 2.43. The summed E-state index contributed by atoms with van der Waals surface area (Å²) in [5.41, 5.74) is 1.90.